The van der Waals surface area contributed by atoms with E-state index in [-0.39, 0.29) is 6.04 Å². The minimum absolute atomic E-state index is 0.0353. The summed E-state index contributed by atoms with van der Waals surface area (Å²) in [5.41, 5.74) is 5.84. The molecular formula is C14H26N6O. The third-order valence-corrected chi connectivity index (χ3v) is 4.09. The lowest BCUT2D eigenvalue weighted by Crippen LogP contribution is -2.54. The zero-order valence-corrected chi connectivity index (χ0v) is 12.9. The highest BCUT2D eigenvalue weighted by atomic mass is 16.4. The van der Waals surface area contributed by atoms with E-state index < -0.39 is 0 Å². The van der Waals surface area contributed by atoms with Crippen LogP contribution in [0.3, 0.4) is 0 Å². The second kappa shape index (κ2) is 7.31. The highest BCUT2D eigenvalue weighted by Crippen LogP contribution is 2.17. The van der Waals surface area contributed by atoms with E-state index in [1.807, 2.05) is 12.4 Å². The molecule has 0 aromatic carbocycles. The Balaban J connectivity index is 1.99. The Kier molecular flexibility index (Phi) is 5.44. The average molecular weight is 294 g/mol. The summed E-state index contributed by atoms with van der Waals surface area (Å²) in [5, 5.41) is 12.1. The molecule has 1 aromatic heterocycles. The van der Waals surface area contributed by atoms with Gasteiger partial charge in [-0.1, -0.05) is 18.5 Å². The van der Waals surface area contributed by atoms with E-state index in [2.05, 4.69) is 38.4 Å². The van der Waals surface area contributed by atoms with Crippen molar-refractivity contribution in [1.29, 1.82) is 0 Å². The van der Waals surface area contributed by atoms with Crippen molar-refractivity contribution < 1.29 is 5.21 Å². The van der Waals surface area contributed by atoms with Gasteiger partial charge < -0.3 is 20.4 Å². The molecule has 21 heavy (non-hydrogen) atoms. The summed E-state index contributed by atoms with van der Waals surface area (Å²) in [7, 11) is 0. The van der Waals surface area contributed by atoms with Gasteiger partial charge in [0.15, 0.2) is 5.84 Å². The molecule has 1 atom stereocenters. The number of piperazine rings is 1. The van der Waals surface area contributed by atoms with Crippen molar-refractivity contribution in [2.45, 2.75) is 39.3 Å². The normalized spacial score (nSPS) is 19.0. The summed E-state index contributed by atoms with van der Waals surface area (Å²) in [6.45, 7) is 8.79. The van der Waals surface area contributed by atoms with E-state index in [0.29, 0.717) is 5.84 Å². The van der Waals surface area contributed by atoms with Gasteiger partial charge in [-0.15, -0.1) is 0 Å². The smallest absolute Gasteiger partial charge is 0.205 e. The van der Waals surface area contributed by atoms with Gasteiger partial charge >= 0.3 is 0 Å². The number of nitrogens with two attached hydrogens (primary N) is 1. The summed E-state index contributed by atoms with van der Waals surface area (Å²) in [6.07, 6.45) is 5.79. The van der Waals surface area contributed by atoms with E-state index in [0.717, 1.165) is 51.5 Å². The van der Waals surface area contributed by atoms with Crippen molar-refractivity contribution in [2.75, 3.05) is 31.1 Å². The van der Waals surface area contributed by atoms with Gasteiger partial charge in [-0.25, -0.2) is 4.98 Å². The molecule has 1 aliphatic rings. The number of anilines is 1. The number of amidine groups is 1. The highest BCUT2D eigenvalue weighted by Gasteiger charge is 2.27. The van der Waals surface area contributed by atoms with Crippen LogP contribution in [-0.4, -0.2) is 57.7 Å². The van der Waals surface area contributed by atoms with Gasteiger partial charge in [-0.2, -0.15) is 0 Å². The number of aryl methyl sites for hydroxylation is 1. The van der Waals surface area contributed by atoms with Crippen LogP contribution < -0.4 is 10.6 Å². The monoisotopic (exact) mass is 294 g/mol. The van der Waals surface area contributed by atoms with Crippen molar-refractivity contribution in [3.8, 4) is 0 Å². The topological polar surface area (TPSA) is 82.9 Å². The van der Waals surface area contributed by atoms with Gasteiger partial charge in [0.1, 0.15) is 0 Å². The van der Waals surface area contributed by atoms with Crippen LogP contribution in [0.1, 0.15) is 26.7 Å². The number of hydrogen-bond acceptors (Lipinski definition) is 5. The first-order chi connectivity index (χ1) is 10.2. The van der Waals surface area contributed by atoms with Crippen molar-refractivity contribution in [3.05, 3.63) is 12.4 Å². The second-order valence-corrected chi connectivity index (χ2v) is 5.37. The number of aromatic nitrogens is 2. The van der Waals surface area contributed by atoms with E-state index in [1.165, 1.54) is 0 Å². The van der Waals surface area contributed by atoms with Crippen LogP contribution in [0.25, 0.3) is 0 Å². The zero-order valence-electron chi connectivity index (χ0n) is 12.9. The van der Waals surface area contributed by atoms with Crippen LogP contribution in [0.5, 0.6) is 0 Å². The maximum atomic E-state index is 8.95. The largest absolute Gasteiger partial charge is 0.409 e. The van der Waals surface area contributed by atoms with Crippen molar-refractivity contribution in [3.63, 3.8) is 0 Å². The van der Waals surface area contributed by atoms with E-state index in [1.54, 1.807) is 0 Å². The average Bonchev–Trinajstić information content (AvgIpc) is 3.00. The molecule has 3 N–H and O–H groups in total. The van der Waals surface area contributed by atoms with Crippen LogP contribution in [0.2, 0.25) is 0 Å². The van der Waals surface area contributed by atoms with Crippen molar-refractivity contribution in [2.24, 2.45) is 10.9 Å². The van der Waals surface area contributed by atoms with Gasteiger partial charge in [0.25, 0.3) is 0 Å². The molecule has 1 unspecified atom stereocenters. The van der Waals surface area contributed by atoms with Crippen LogP contribution in [0, 0.1) is 0 Å². The van der Waals surface area contributed by atoms with Crippen LogP contribution in [0.15, 0.2) is 17.5 Å². The molecule has 0 aliphatic carbocycles. The fourth-order valence-corrected chi connectivity index (χ4v) is 2.92. The molecule has 2 rings (SSSR count). The second-order valence-electron chi connectivity index (χ2n) is 5.37. The van der Waals surface area contributed by atoms with Crippen molar-refractivity contribution >= 4 is 11.8 Å². The number of oxime groups is 1. The third-order valence-electron chi connectivity index (χ3n) is 4.09. The van der Waals surface area contributed by atoms with E-state index >= 15 is 0 Å². The molecule has 7 nitrogen and oxygen atoms in total. The SMILES string of the molecule is CCCC(C(N)=NO)N1CCN(c2nccn2CC)CC1. The fourth-order valence-electron chi connectivity index (χ4n) is 2.92. The lowest BCUT2D eigenvalue weighted by molar-refractivity contribution is 0.210. The summed E-state index contributed by atoms with van der Waals surface area (Å²) >= 11 is 0. The summed E-state index contributed by atoms with van der Waals surface area (Å²) in [6, 6.07) is 0.0353. The Morgan fingerprint density at radius 2 is 2.10 bits per heavy atom. The van der Waals surface area contributed by atoms with Gasteiger partial charge in [-0.05, 0) is 13.3 Å². The first kappa shape index (κ1) is 15.6. The van der Waals surface area contributed by atoms with Crippen LogP contribution in [0.4, 0.5) is 5.95 Å². The standard InChI is InChI=1S/C14H26N6O/c1-3-5-12(13(15)17-21)19-8-10-20(11-9-19)14-16-6-7-18(14)4-2/h6-7,12,21H,3-5,8-11H2,1-2H3,(H2,15,17). The maximum Gasteiger partial charge on any atom is 0.205 e. The maximum absolute atomic E-state index is 8.95. The first-order valence-corrected chi connectivity index (χ1v) is 7.68. The predicted molar refractivity (Wildman–Crippen MR) is 83.8 cm³/mol. The summed E-state index contributed by atoms with van der Waals surface area (Å²) in [5.74, 6) is 1.35. The molecule has 7 heteroatoms. The quantitative estimate of drug-likeness (QED) is 0.353. The zero-order chi connectivity index (χ0) is 15.2. The molecule has 118 valence electrons. The molecule has 0 spiro atoms. The lowest BCUT2D eigenvalue weighted by Gasteiger charge is -2.39. The number of nitrogens with zero attached hydrogens (tertiary/aromatic N) is 5. The highest BCUT2D eigenvalue weighted by molar-refractivity contribution is 5.85. The van der Waals surface area contributed by atoms with Crippen LogP contribution >= 0.6 is 0 Å². The molecule has 1 saturated heterocycles. The molecule has 1 aliphatic heterocycles. The van der Waals surface area contributed by atoms with Gasteiger partial charge in [0.05, 0.1) is 6.04 Å². The molecule has 1 fully saturated rings. The fraction of sp³-hybridized carbons (Fsp3) is 0.714. The summed E-state index contributed by atoms with van der Waals surface area (Å²) < 4.78 is 2.16. The Bertz CT molecular complexity index is 464. The number of hydrogen-bond donors (Lipinski definition) is 2. The molecule has 2 heterocycles. The lowest BCUT2D eigenvalue weighted by atomic mass is 10.1. The van der Waals surface area contributed by atoms with Gasteiger partial charge in [0, 0.05) is 45.1 Å². The number of rotatable bonds is 6. The molecule has 0 amide bonds. The Labute approximate surface area is 126 Å². The van der Waals surface area contributed by atoms with Crippen LogP contribution in [-0.2, 0) is 6.54 Å². The van der Waals surface area contributed by atoms with E-state index in [4.69, 9.17) is 10.9 Å². The molecule has 0 radical (unpaired) electrons. The number of imidazole rings is 1. The van der Waals surface area contributed by atoms with Gasteiger partial charge in [0.2, 0.25) is 5.95 Å². The van der Waals surface area contributed by atoms with Gasteiger partial charge in [-0.3, -0.25) is 4.90 Å². The Morgan fingerprint density at radius 1 is 1.38 bits per heavy atom. The molecule has 0 saturated carbocycles. The minimum Gasteiger partial charge on any atom is -0.409 e. The minimum atomic E-state index is 0.0353. The van der Waals surface area contributed by atoms with E-state index in [9.17, 15) is 0 Å². The third kappa shape index (κ3) is 3.47. The Hall–Kier alpha value is -1.76. The predicted octanol–water partition coefficient (Wildman–Crippen LogP) is 0.940. The van der Waals surface area contributed by atoms with Crippen molar-refractivity contribution in [1.82, 2.24) is 14.5 Å². The first-order valence-electron chi connectivity index (χ1n) is 7.68. The molecule has 0 bridgehead atoms. The molecular weight excluding hydrogens is 268 g/mol. The Morgan fingerprint density at radius 3 is 2.67 bits per heavy atom. The summed E-state index contributed by atoms with van der Waals surface area (Å²) in [4.78, 5) is 9.05. The molecule has 1 aromatic rings.